The first kappa shape index (κ1) is 15.0. The summed E-state index contributed by atoms with van der Waals surface area (Å²) in [5.41, 5.74) is 0. The third-order valence-corrected chi connectivity index (χ3v) is 4.68. The number of nitrogens with one attached hydrogen (secondary N) is 1. The monoisotopic (exact) mass is 239 g/mol. The van der Waals surface area contributed by atoms with Gasteiger partial charge >= 0.3 is 0 Å². The Bertz CT molecular complexity index is 172. The van der Waals surface area contributed by atoms with Crippen LogP contribution in [0.15, 0.2) is 0 Å². The van der Waals surface area contributed by atoms with E-state index in [9.17, 15) is 0 Å². The molecule has 102 valence electrons. The van der Waals surface area contributed by atoms with Crippen molar-refractivity contribution in [3.63, 3.8) is 0 Å². The molecular formula is C16H33N. The summed E-state index contributed by atoms with van der Waals surface area (Å²) < 4.78 is 0. The first-order valence-corrected chi connectivity index (χ1v) is 7.95. The Morgan fingerprint density at radius 3 is 2.41 bits per heavy atom. The lowest BCUT2D eigenvalue weighted by molar-refractivity contribution is 0.282. The molecule has 1 aliphatic rings. The summed E-state index contributed by atoms with van der Waals surface area (Å²) in [6, 6.07) is 0.753. The second-order valence-corrected chi connectivity index (χ2v) is 6.10. The molecule has 1 rings (SSSR count). The number of unbranched alkanes of at least 4 members (excludes halogenated alkanes) is 1. The van der Waals surface area contributed by atoms with E-state index < -0.39 is 0 Å². The average molecular weight is 239 g/mol. The van der Waals surface area contributed by atoms with Gasteiger partial charge in [-0.3, -0.25) is 0 Å². The molecular weight excluding hydrogens is 206 g/mol. The molecule has 1 saturated carbocycles. The molecule has 2 atom stereocenters. The fourth-order valence-electron chi connectivity index (χ4n) is 3.33. The molecule has 0 aromatic rings. The topological polar surface area (TPSA) is 12.0 Å². The van der Waals surface area contributed by atoms with Gasteiger partial charge < -0.3 is 5.32 Å². The summed E-state index contributed by atoms with van der Waals surface area (Å²) in [5.74, 6) is 1.89. The first-order chi connectivity index (χ1) is 8.27. The fourth-order valence-corrected chi connectivity index (χ4v) is 3.33. The maximum absolute atomic E-state index is 3.55. The van der Waals surface area contributed by atoms with E-state index in [-0.39, 0.29) is 0 Å². The molecule has 0 bridgehead atoms. The number of rotatable bonds is 8. The van der Waals surface area contributed by atoms with Crippen LogP contribution in [-0.2, 0) is 0 Å². The predicted molar refractivity (Wildman–Crippen MR) is 77.3 cm³/mol. The molecule has 0 aromatic heterocycles. The minimum Gasteiger partial charge on any atom is -0.317 e. The highest BCUT2D eigenvalue weighted by atomic mass is 14.9. The van der Waals surface area contributed by atoms with Gasteiger partial charge in [0.2, 0.25) is 0 Å². The van der Waals surface area contributed by atoms with Gasteiger partial charge in [-0.05, 0) is 38.1 Å². The van der Waals surface area contributed by atoms with Crippen molar-refractivity contribution < 1.29 is 0 Å². The highest BCUT2D eigenvalue weighted by Crippen LogP contribution is 2.29. The third kappa shape index (κ3) is 5.90. The van der Waals surface area contributed by atoms with Gasteiger partial charge in [-0.25, -0.2) is 0 Å². The Hall–Kier alpha value is -0.0400. The molecule has 1 heteroatoms. The van der Waals surface area contributed by atoms with E-state index in [0.717, 1.165) is 17.9 Å². The lowest BCUT2D eigenvalue weighted by Gasteiger charge is -2.27. The Morgan fingerprint density at radius 2 is 1.82 bits per heavy atom. The Labute approximate surface area is 109 Å². The third-order valence-electron chi connectivity index (χ3n) is 4.68. The molecule has 0 saturated heterocycles. The SMILES string of the molecule is CCCCC(C)C(CCC1CCCCC1)NC. The summed E-state index contributed by atoms with van der Waals surface area (Å²) in [6.45, 7) is 4.72. The lowest BCUT2D eigenvalue weighted by Crippen LogP contribution is -2.32. The standard InChI is InChI=1S/C16H33N/c1-4-5-9-14(2)16(17-3)13-12-15-10-7-6-8-11-15/h14-17H,4-13H2,1-3H3. The molecule has 1 fully saturated rings. The minimum atomic E-state index is 0.753. The molecule has 1 aliphatic carbocycles. The molecule has 0 spiro atoms. The zero-order valence-electron chi connectivity index (χ0n) is 12.3. The predicted octanol–water partition coefficient (Wildman–Crippen LogP) is 4.76. The van der Waals surface area contributed by atoms with E-state index in [0.29, 0.717) is 0 Å². The molecule has 0 heterocycles. The van der Waals surface area contributed by atoms with Crippen molar-refractivity contribution in [1.29, 1.82) is 0 Å². The van der Waals surface area contributed by atoms with Crippen LogP contribution in [-0.4, -0.2) is 13.1 Å². The highest BCUT2D eigenvalue weighted by Gasteiger charge is 2.18. The molecule has 2 unspecified atom stereocenters. The quantitative estimate of drug-likeness (QED) is 0.644. The summed E-state index contributed by atoms with van der Waals surface area (Å²) in [7, 11) is 2.15. The smallest absolute Gasteiger partial charge is 0.00897 e. The number of hydrogen-bond donors (Lipinski definition) is 1. The van der Waals surface area contributed by atoms with Crippen molar-refractivity contribution >= 4 is 0 Å². The van der Waals surface area contributed by atoms with Crippen LogP contribution in [0.1, 0.15) is 78.1 Å². The van der Waals surface area contributed by atoms with E-state index in [1.165, 1.54) is 64.2 Å². The molecule has 0 aliphatic heterocycles. The van der Waals surface area contributed by atoms with Crippen LogP contribution in [0.25, 0.3) is 0 Å². The molecule has 0 aromatic carbocycles. The minimum absolute atomic E-state index is 0.753. The number of hydrogen-bond acceptors (Lipinski definition) is 1. The Morgan fingerprint density at radius 1 is 1.12 bits per heavy atom. The van der Waals surface area contributed by atoms with Crippen molar-refractivity contribution in [2.24, 2.45) is 11.8 Å². The summed E-state index contributed by atoms with van der Waals surface area (Å²) in [5, 5.41) is 3.55. The van der Waals surface area contributed by atoms with Crippen LogP contribution in [0.3, 0.4) is 0 Å². The van der Waals surface area contributed by atoms with Gasteiger partial charge in [-0.15, -0.1) is 0 Å². The molecule has 0 amide bonds. The van der Waals surface area contributed by atoms with Crippen molar-refractivity contribution in [2.45, 2.75) is 84.1 Å². The van der Waals surface area contributed by atoms with Crippen molar-refractivity contribution in [3.8, 4) is 0 Å². The van der Waals surface area contributed by atoms with E-state index in [4.69, 9.17) is 0 Å². The van der Waals surface area contributed by atoms with Crippen molar-refractivity contribution in [1.82, 2.24) is 5.32 Å². The second kappa shape index (κ2) is 8.97. The van der Waals surface area contributed by atoms with Gasteiger partial charge in [-0.1, -0.05) is 58.8 Å². The largest absolute Gasteiger partial charge is 0.317 e. The van der Waals surface area contributed by atoms with Gasteiger partial charge in [-0.2, -0.15) is 0 Å². The summed E-state index contributed by atoms with van der Waals surface area (Å²) in [6.07, 6.45) is 14.4. The summed E-state index contributed by atoms with van der Waals surface area (Å²) >= 11 is 0. The average Bonchev–Trinajstić information content (AvgIpc) is 2.38. The maximum atomic E-state index is 3.55. The fraction of sp³-hybridized carbons (Fsp3) is 1.00. The van der Waals surface area contributed by atoms with Gasteiger partial charge in [0, 0.05) is 6.04 Å². The van der Waals surface area contributed by atoms with Crippen LogP contribution in [0.2, 0.25) is 0 Å². The maximum Gasteiger partial charge on any atom is 0.00897 e. The van der Waals surface area contributed by atoms with Crippen LogP contribution >= 0.6 is 0 Å². The molecule has 1 N–H and O–H groups in total. The van der Waals surface area contributed by atoms with Crippen molar-refractivity contribution in [3.05, 3.63) is 0 Å². The van der Waals surface area contributed by atoms with E-state index in [1.807, 2.05) is 0 Å². The second-order valence-electron chi connectivity index (χ2n) is 6.10. The van der Waals surface area contributed by atoms with E-state index in [1.54, 1.807) is 0 Å². The highest BCUT2D eigenvalue weighted by molar-refractivity contribution is 4.75. The Balaban J connectivity index is 2.20. The lowest BCUT2D eigenvalue weighted by atomic mass is 9.83. The van der Waals surface area contributed by atoms with Crippen molar-refractivity contribution in [2.75, 3.05) is 7.05 Å². The normalized spacial score (nSPS) is 21.4. The van der Waals surface area contributed by atoms with E-state index in [2.05, 4.69) is 26.2 Å². The van der Waals surface area contributed by atoms with E-state index >= 15 is 0 Å². The zero-order valence-corrected chi connectivity index (χ0v) is 12.3. The van der Waals surface area contributed by atoms with Crippen LogP contribution in [0, 0.1) is 11.8 Å². The Kier molecular flexibility index (Phi) is 7.92. The van der Waals surface area contributed by atoms with Gasteiger partial charge in [0.15, 0.2) is 0 Å². The zero-order chi connectivity index (χ0) is 12.5. The molecule has 0 radical (unpaired) electrons. The van der Waals surface area contributed by atoms with Gasteiger partial charge in [0.05, 0.1) is 0 Å². The summed E-state index contributed by atoms with van der Waals surface area (Å²) in [4.78, 5) is 0. The molecule has 17 heavy (non-hydrogen) atoms. The van der Waals surface area contributed by atoms with Gasteiger partial charge in [0.1, 0.15) is 0 Å². The van der Waals surface area contributed by atoms with Crippen LogP contribution < -0.4 is 5.32 Å². The van der Waals surface area contributed by atoms with Crippen LogP contribution in [0.4, 0.5) is 0 Å². The van der Waals surface area contributed by atoms with Crippen LogP contribution in [0.5, 0.6) is 0 Å². The first-order valence-electron chi connectivity index (χ1n) is 7.95. The molecule has 1 nitrogen and oxygen atoms in total. The van der Waals surface area contributed by atoms with Gasteiger partial charge in [0.25, 0.3) is 0 Å².